The van der Waals surface area contributed by atoms with Crippen molar-refractivity contribution in [1.29, 1.82) is 0 Å². The Bertz CT molecular complexity index is 745. The number of carbonyl (C=O) groups excluding carboxylic acids is 2. The van der Waals surface area contributed by atoms with Gasteiger partial charge in [-0.05, 0) is 62.3 Å². The van der Waals surface area contributed by atoms with Crippen LogP contribution >= 0.6 is 11.3 Å². The zero-order valence-electron chi connectivity index (χ0n) is 14.7. The smallest absolute Gasteiger partial charge is 0.255 e. The molecule has 2 heterocycles. The molecule has 1 amide bonds. The summed E-state index contributed by atoms with van der Waals surface area (Å²) in [6, 6.07) is 0.147. The normalized spacial score (nSPS) is 26.8. The van der Waals surface area contributed by atoms with E-state index in [1.807, 2.05) is 0 Å². The molecule has 5 heteroatoms. The van der Waals surface area contributed by atoms with Gasteiger partial charge in [0.1, 0.15) is 5.78 Å². The summed E-state index contributed by atoms with van der Waals surface area (Å²) in [6.45, 7) is 1.80. The average Bonchev–Trinajstić information content (AvgIpc) is 3.47. The number of Topliss-reactive ketones (excluding diaryl/α,β-unsaturated/α-hetero) is 1. The molecular weight excluding hydrogens is 332 g/mol. The highest BCUT2D eigenvalue weighted by molar-refractivity contribution is 7.12. The Hall–Kier alpha value is -1.20. The van der Waals surface area contributed by atoms with Gasteiger partial charge in [0.25, 0.3) is 5.91 Å². The minimum absolute atomic E-state index is 0.147. The van der Waals surface area contributed by atoms with Gasteiger partial charge in [-0.1, -0.05) is 0 Å². The lowest BCUT2D eigenvalue weighted by Crippen LogP contribution is -2.33. The Labute approximate surface area is 152 Å². The fraction of sp³-hybridized carbons (Fsp3) is 0.700. The number of nitrogens with zero attached hydrogens (tertiary/aromatic N) is 1. The lowest BCUT2D eigenvalue weighted by Gasteiger charge is -2.22. The molecule has 1 atom stereocenters. The molecule has 0 aromatic carbocycles. The molecule has 0 radical (unpaired) electrons. The molecule has 1 aromatic heterocycles. The van der Waals surface area contributed by atoms with Gasteiger partial charge in [0.2, 0.25) is 0 Å². The molecule has 2 N–H and O–H groups in total. The van der Waals surface area contributed by atoms with Gasteiger partial charge in [-0.15, -0.1) is 11.3 Å². The van der Waals surface area contributed by atoms with Crippen LogP contribution in [0, 0.1) is 11.3 Å². The largest absolute Gasteiger partial charge is 0.338 e. The molecule has 1 aliphatic heterocycles. The molecule has 1 spiro atoms. The summed E-state index contributed by atoms with van der Waals surface area (Å²) in [4.78, 5) is 30.2. The van der Waals surface area contributed by atoms with Crippen LogP contribution in [-0.4, -0.2) is 35.7 Å². The first-order valence-electron chi connectivity index (χ1n) is 9.76. The maximum atomic E-state index is 13.4. The van der Waals surface area contributed by atoms with Crippen molar-refractivity contribution < 1.29 is 9.59 Å². The van der Waals surface area contributed by atoms with Gasteiger partial charge in [0, 0.05) is 41.2 Å². The van der Waals surface area contributed by atoms with E-state index in [9.17, 15) is 9.59 Å². The summed E-state index contributed by atoms with van der Waals surface area (Å²) in [5, 5.41) is 0. The molecule has 2 saturated carbocycles. The van der Waals surface area contributed by atoms with Crippen LogP contribution in [-0.2, 0) is 24.1 Å². The number of hydrogen-bond acceptors (Lipinski definition) is 4. The second-order valence-electron chi connectivity index (χ2n) is 8.70. The van der Waals surface area contributed by atoms with Crippen molar-refractivity contribution in [3.63, 3.8) is 0 Å². The number of amides is 1. The minimum Gasteiger partial charge on any atom is -0.338 e. The van der Waals surface area contributed by atoms with Gasteiger partial charge >= 0.3 is 0 Å². The Kier molecular flexibility index (Phi) is 3.62. The van der Waals surface area contributed by atoms with Crippen LogP contribution in [0.1, 0.15) is 64.2 Å². The molecule has 3 aliphatic carbocycles. The highest BCUT2D eigenvalue weighted by Gasteiger charge is 2.49. The highest BCUT2D eigenvalue weighted by Crippen LogP contribution is 2.53. The topological polar surface area (TPSA) is 63.4 Å². The van der Waals surface area contributed by atoms with Gasteiger partial charge in [-0.2, -0.15) is 0 Å². The molecule has 3 fully saturated rings. The van der Waals surface area contributed by atoms with E-state index in [1.54, 1.807) is 11.3 Å². The van der Waals surface area contributed by atoms with E-state index < -0.39 is 0 Å². The number of likely N-dealkylation sites (tertiary alicyclic amines) is 1. The number of hydrogen-bond donors (Lipinski definition) is 1. The molecule has 134 valence electrons. The SMILES string of the molecule is NC1CCc2sc(CC(=O)C3CC3)c(C(=O)N3CCC4(CC4)C3)c2C1. The van der Waals surface area contributed by atoms with Gasteiger partial charge in [-0.3, -0.25) is 9.59 Å². The molecule has 4 nitrogen and oxygen atoms in total. The summed E-state index contributed by atoms with van der Waals surface area (Å²) in [7, 11) is 0. The van der Waals surface area contributed by atoms with Crippen molar-refractivity contribution in [2.45, 2.75) is 63.8 Å². The third-order valence-corrected chi connectivity index (χ3v) is 7.93. The van der Waals surface area contributed by atoms with E-state index in [1.165, 1.54) is 23.3 Å². The number of aryl methyl sites for hydroxylation is 1. The Morgan fingerprint density at radius 1 is 1.20 bits per heavy atom. The van der Waals surface area contributed by atoms with Gasteiger partial charge in [-0.25, -0.2) is 0 Å². The second-order valence-corrected chi connectivity index (χ2v) is 9.89. The monoisotopic (exact) mass is 358 g/mol. The summed E-state index contributed by atoms with van der Waals surface area (Å²) < 4.78 is 0. The molecule has 4 aliphatic rings. The van der Waals surface area contributed by atoms with Crippen LogP contribution in [0.15, 0.2) is 0 Å². The van der Waals surface area contributed by atoms with Crippen LogP contribution in [0.2, 0.25) is 0 Å². The number of fused-ring (bicyclic) bond motifs is 1. The Morgan fingerprint density at radius 3 is 2.68 bits per heavy atom. The number of rotatable bonds is 4. The maximum absolute atomic E-state index is 13.4. The van der Waals surface area contributed by atoms with Crippen molar-refractivity contribution in [2.24, 2.45) is 17.1 Å². The fourth-order valence-corrected chi connectivity index (χ4v) is 5.95. The number of ketones is 1. The maximum Gasteiger partial charge on any atom is 0.255 e. The van der Waals surface area contributed by atoms with Crippen LogP contribution < -0.4 is 5.73 Å². The van der Waals surface area contributed by atoms with Gasteiger partial charge in [0.05, 0.1) is 5.56 Å². The quantitative estimate of drug-likeness (QED) is 0.900. The van der Waals surface area contributed by atoms with Crippen LogP contribution in [0.5, 0.6) is 0 Å². The van der Waals surface area contributed by atoms with Crippen molar-refractivity contribution in [2.75, 3.05) is 13.1 Å². The molecule has 25 heavy (non-hydrogen) atoms. The van der Waals surface area contributed by atoms with E-state index in [4.69, 9.17) is 5.73 Å². The van der Waals surface area contributed by atoms with E-state index in [-0.39, 0.29) is 17.9 Å². The van der Waals surface area contributed by atoms with Crippen molar-refractivity contribution in [3.8, 4) is 0 Å². The second kappa shape index (κ2) is 5.65. The Morgan fingerprint density at radius 2 is 2.00 bits per heavy atom. The van der Waals surface area contributed by atoms with E-state index >= 15 is 0 Å². The third-order valence-electron chi connectivity index (χ3n) is 6.64. The Balaban J connectivity index is 1.47. The predicted molar refractivity (Wildman–Crippen MR) is 97.9 cm³/mol. The van der Waals surface area contributed by atoms with E-state index in [0.717, 1.165) is 62.1 Å². The van der Waals surface area contributed by atoms with Crippen LogP contribution in [0.3, 0.4) is 0 Å². The summed E-state index contributed by atoms with van der Waals surface area (Å²) in [6.07, 6.45) is 8.97. The summed E-state index contributed by atoms with van der Waals surface area (Å²) in [5.41, 5.74) is 8.68. The lowest BCUT2D eigenvalue weighted by atomic mass is 9.90. The van der Waals surface area contributed by atoms with Crippen molar-refractivity contribution in [3.05, 3.63) is 20.9 Å². The zero-order chi connectivity index (χ0) is 17.2. The fourth-order valence-electron chi connectivity index (χ4n) is 4.60. The average molecular weight is 359 g/mol. The van der Waals surface area contributed by atoms with Crippen molar-refractivity contribution in [1.82, 2.24) is 4.90 Å². The summed E-state index contributed by atoms with van der Waals surface area (Å²) in [5.74, 6) is 0.761. The first-order chi connectivity index (χ1) is 12.0. The molecule has 5 rings (SSSR count). The molecular formula is C20H26N2O2S. The third kappa shape index (κ3) is 2.85. The predicted octanol–water partition coefficient (Wildman–Crippen LogP) is 2.71. The molecule has 1 aromatic rings. The standard InChI is InChI=1S/C20H26N2O2S/c21-13-3-4-16-14(9-13)18(17(25-16)10-15(23)12-1-2-12)19(24)22-8-7-20(11-22)5-6-20/h12-13H,1-11,21H2. The number of thiophene rings is 1. The summed E-state index contributed by atoms with van der Waals surface area (Å²) >= 11 is 1.72. The molecule has 1 unspecified atom stereocenters. The number of carbonyl (C=O) groups is 2. The zero-order valence-corrected chi connectivity index (χ0v) is 15.5. The minimum atomic E-state index is 0.147. The van der Waals surface area contributed by atoms with Gasteiger partial charge in [0.15, 0.2) is 0 Å². The highest BCUT2D eigenvalue weighted by atomic mass is 32.1. The first-order valence-corrected chi connectivity index (χ1v) is 10.6. The first kappa shape index (κ1) is 16.0. The molecule has 0 bridgehead atoms. The van der Waals surface area contributed by atoms with Crippen LogP contribution in [0.25, 0.3) is 0 Å². The van der Waals surface area contributed by atoms with Crippen molar-refractivity contribution >= 4 is 23.0 Å². The van der Waals surface area contributed by atoms with Crippen LogP contribution in [0.4, 0.5) is 0 Å². The molecule has 1 saturated heterocycles. The lowest BCUT2D eigenvalue weighted by molar-refractivity contribution is -0.119. The van der Waals surface area contributed by atoms with Gasteiger partial charge < -0.3 is 10.6 Å². The number of nitrogens with two attached hydrogens (primary N) is 1. The van der Waals surface area contributed by atoms with E-state index in [0.29, 0.717) is 17.6 Å². The van der Waals surface area contributed by atoms with E-state index in [2.05, 4.69) is 4.90 Å².